The summed E-state index contributed by atoms with van der Waals surface area (Å²) in [6.07, 6.45) is 1.73. The number of ether oxygens (including phenoxy) is 2. The van der Waals surface area contributed by atoms with Crippen LogP contribution in [0.5, 0.6) is 5.75 Å². The normalized spacial score (nSPS) is 16.8. The number of carbonyl (C=O) groups is 2. The summed E-state index contributed by atoms with van der Waals surface area (Å²) in [5, 5.41) is 1.21. The smallest absolute Gasteiger partial charge is 0.429 e. The number of halogens is 2. The van der Waals surface area contributed by atoms with E-state index in [9.17, 15) is 9.59 Å². The van der Waals surface area contributed by atoms with E-state index in [1.165, 1.54) is 4.78 Å². The molecule has 1 N–H and O–H groups in total. The second-order valence-corrected chi connectivity index (χ2v) is 11.5. The Bertz CT molecular complexity index is 1180. The van der Waals surface area contributed by atoms with Crippen LogP contribution < -0.4 is 20.0 Å². The van der Waals surface area contributed by atoms with E-state index >= 15 is 0 Å². The minimum absolute atomic E-state index is 0.0716. The van der Waals surface area contributed by atoms with E-state index in [1.807, 2.05) is 43.1 Å². The standard InChI is InChI=1S/C28H38Cl2N5O4P/c1-20(39-28(37)35(31-2)40-3)34-25-19-22(11-9-21(25)10-12-26(34)36)38-18-5-4-13-32-14-16-33(17-15-32)24-8-6-7-23(29)27(24)30/h6-9,11,19-20,31,40H,4-5,10,12-18H2,1-3H3. The molecule has 0 bridgehead atoms. The van der Waals surface area contributed by atoms with Crippen LogP contribution in [0, 0.1) is 0 Å². The number of piperazine rings is 1. The van der Waals surface area contributed by atoms with Gasteiger partial charge in [-0.1, -0.05) is 35.3 Å². The number of fused-ring (bicyclic) bond motifs is 1. The Kier molecular flexibility index (Phi) is 11.2. The Balaban J connectivity index is 1.24. The maximum Gasteiger partial charge on any atom is 0.429 e. The highest BCUT2D eigenvalue weighted by atomic mass is 35.5. The van der Waals surface area contributed by atoms with E-state index < -0.39 is 12.3 Å². The summed E-state index contributed by atoms with van der Waals surface area (Å²) >= 11 is 12.6. The summed E-state index contributed by atoms with van der Waals surface area (Å²) in [4.78, 5) is 31.6. The van der Waals surface area contributed by atoms with E-state index in [0.29, 0.717) is 35.2 Å². The summed E-state index contributed by atoms with van der Waals surface area (Å²) in [6, 6.07) is 11.6. The van der Waals surface area contributed by atoms with Crippen molar-refractivity contribution in [1.82, 2.24) is 15.1 Å². The number of unbranched alkanes of at least 4 members (excludes halogenated alkanes) is 1. The number of hydrazine groups is 1. The molecule has 218 valence electrons. The molecule has 2 aliphatic heterocycles. The molecule has 2 unspecified atom stereocenters. The molecule has 40 heavy (non-hydrogen) atoms. The first-order valence-corrected chi connectivity index (χ1v) is 15.9. The third kappa shape index (κ3) is 7.51. The minimum atomic E-state index is -0.739. The molecule has 1 fully saturated rings. The lowest BCUT2D eigenvalue weighted by molar-refractivity contribution is -0.120. The van der Waals surface area contributed by atoms with E-state index in [-0.39, 0.29) is 14.6 Å². The van der Waals surface area contributed by atoms with E-state index in [0.717, 1.165) is 62.5 Å². The van der Waals surface area contributed by atoms with Gasteiger partial charge in [0.2, 0.25) is 5.91 Å². The van der Waals surface area contributed by atoms with Gasteiger partial charge in [-0.25, -0.2) is 15.0 Å². The lowest BCUT2D eigenvalue weighted by Crippen LogP contribution is -2.46. The van der Waals surface area contributed by atoms with Crippen molar-refractivity contribution in [3.63, 3.8) is 0 Å². The van der Waals surface area contributed by atoms with Gasteiger partial charge in [-0.15, -0.1) is 0 Å². The van der Waals surface area contributed by atoms with Crippen LogP contribution in [0.15, 0.2) is 36.4 Å². The number of hydrogen-bond donors (Lipinski definition) is 1. The number of aryl methyl sites for hydroxylation is 1. The van der Waals surface area contributed by atoms with Gasteiger partial charge in [-0.05, 0) is 71.9 Å². The zero-order valence-corrected chi connectivity index (χ0v) is 25.8. The fraction of sp³-hybridized carbons (Fsp3) is 0.500. The molecule has 1 saturated heterocycles. The van der Waals surface area contributed by atoms with Crippen molar-refractivity contribution in [2.75, 3.05) is 62.8 Å². The van der Waals surface area contributed by atoms with Crippen LogP contribution in [0.1, 0.15) is 31.7 Å². The molecule has 0 aliphatic carbocycles. The van der Waals surface area contributed by atoms with E-state index in [2.05, 4.69) is 15.2 Å². The molecule has 2 amide bonds. The van der Waals surface area contributed by atoms with Gasteiger partial charge in [0.15, 0.2) is 6.23 Å². The zero-order valence-electron chi connectivity index (χ0n) is 23.3. The Morgan fingerprint density at radius 3 is 2.60 bits per heavy atom. The Morgan fingerprint density at radius 1 is 1.10 bits per heavy atom. The molecule has 0 radical (unpaired) electrons. The lowest BCUT2D eigenvalue weighted by atomic mass is 10.0. The highest BCUT2D eigenvalue weighted by molar-refractivity contribution is 7.35. The number of nitrogens with zero attached hydrogens (tertiary/aromatic N) is 4. The largest absolute Gasteiger partial charge is 0.494 e. The minimum Gasteiger partial charge on any atom is -0.494 e. The topological polar surface area (TPSA) is 77.6 Å². The average molecular weight is 611 g/mol. The van der Waals surface area contributed by atoms with Crippen molar-refractivity contribution in [3.05, 3.63) is 52.0 Å². The van der Waals surface area contributed by atoms with Crippen molar-refractivity contribution < 1.29 is 19.1 Å². The maximum atomic E-state index is 12.8. The van der Waals surface area contributed by atoms with E-state index in [1.54, 1.807) is 18.9 Å². The van der Waals surface area contributed by atoms with Gasteiger partial charge in [0.25, 0.3) is 0 Å². The first-order chi connectivity index (χ1) is 19.3. The number of anilines is 2. The van der Waals surface area contributed by atoms with Crippen molar-refractivity contribution in [2.24, 2.45) is 0 Å². The second-order valence-electron chi connectivity index (χ2n) is 9.78. The molecular formula is C28H38Cl2N5O4P. The maximum absolute atomic E-state index is 12.8. The third-order valence-electron chi connectivity index (χ3n) is 7.24. The average Bonchev–Trinajstić information content (AvgIpc) is 2.95. The molecule has 9 nitrogen and oxygen atoms in total. The van der Waals surface area contributed by atoms with Gasteiger partial charge in [0.05, 0.1) is 28.0 Å². The quantitative estimate of drug-likeness (QED) is 0.208. The van der Waals surface area contributed by atoms with E-state index in [4.69, 9.17) is 32.7 Å². The predicted molar refractivity (Wildman–Crippen MR) is 163 cm³/mol. The molecular weight excluding hydrogens is 572 g/mol. The fourth-order valence-corrected chi connectivity index (χ4v) is 5.96. The Labute approximate surface area is 248 Å². The summed E-state index contributed by atoms with van der Waals surface area (Å²) in [7, 11) is 1.85. The van der Waals surface area contributed by atoms with Crippen molar-refractivity contribution in [2.45, 2.75) is 38.8 Å². The molecule has 2 atom stereocenters. The molecule has 0 spiro atoms. The van der Waals surface area contributed by atoms with Crippen LogP contribution in [-0.4, -0.2) is 81.0 Å². The van der Waals surface area contributed by atoms with Gasteiger partial charge in [-0.2, -0.15) is 0 Å². The van der Waals surface area contributed by atoms with Crippen molar-refractivity contribution in [3.8, 4) is 5.75 Å². The SMILES string of the molecule is CNN(PC)C(=O)OC(C)N1C(=O)CCc2ccc(OCCCCN3CCN(c4cccc(Cl)c4Cl)CC3)cc21. The predicted octanol–water partition coefficient (Wildman–Crippen LogP) is 5.40. The summed E-state index contributed by atoms with van der Waals surface area (Å²) < 4.78 is 13.0. The van der Waals surface area contributed by atoms with Crippen LogP contribution in [0.2, 0.25) is 10.0 Å². The van der Waals surface area contributed by atoms with Gasteiger partial charge in [0, 0.05) is 45.7 Å². The highest BCUT2D eigenvalue weighted by Crippen LogP contribution is 2.34. The number of hydrogen-bond acceptors (Lipinski definition) is 7. The van der Waals surface area contributed by atoms with Crippen molar-refractivity contribution >= 4 is 55.3 Å². The first kappa shape index (κ1) is 30.7. The molecule has 12 heteroatoms. The van der Waals surface area contributed by atoms with Crippen LogP contribution in [0.25, 0.3) is 0 Å². The highest BCUT2D eigenvalue weighted by Gasteiger charge is 2.31. The molecule has 2 aromatic rings. The first-order valence-electron chi connectivity index (χ1n) is 13.7. The van der Waals surface area contributed by atoms with Gasteiger partial charge in [-0.3, -0.25) is 14.6 Å². The molecule has 0 saturated carbocycles. The number of benzene rings is 2. The van der Waals surface area contributed by atoms with Crippen LogP contribution in [0.4, 0.5) is 16.2 Å². The molecule has 2 aliphatic rings. The summed E-state index contributed by atoms with van der Waals surface area (Å²) in [5.74, 6) is 0.633. The van der Waals surface area contributed by atoms with Crippen LogP contribution >= 0.6 is 31.9 Å². The van der Waals surface area contributed by atoms with Gasteiger partial charge < -0.3 is 14.4 Å². The number of nitrogens with one attached hydrogen (secondary N) is 1. The monoisotopic (exact) mass is 609 g/mol. The molecule has 2 heterocycles. The summed E-state index contributed by atoms with van der Waals surface area (Å²) in [5.41, 5.74) is 5.58. The molecule has 4 rings (SSSR count). The van der Waals surface area contributed by atoms with Crippen LogP contribution in [0.3, 0.4) is 0 Å². The number of amides is 2. The van der Waals surface area contributed by atoms with Crippen LogP contribution in [-0.2, 0) is 16.0 Å². The Hall–Kier alpha value is -2.29. The molecule has 0 aromatic heterocycles. The third-order valence-corrected chi connectivity index (χ3v) is 8.90. The van der Waals surface area contributed by atoms with Gasteiger partial charge in [0.1, 0.15) is 5.75 Å². The fourth-order valence-electron chi connectivity index (χ4n) is 5.09. The number of carbonyl (C=O) groups excluding carboxylic acids is 2. The van der Waals surface area contributed by atoms with Crippen molar-refractivity contribution in [1.29, 1.82) is 0 Å². The summed E-state index contributed by atoms with van der Waals surface area (Å²) in [6.45, 7) is 8.97. The second kappa shape index (κ2) is 14.6. The Morgan fingerprint density at radius 2 is 1.88 bits per heavy atom. The number of rotatable bonds is 11. The lowest BCUT2D eigenvalue weighted by Gasteiger charge is -2.36. The zero-order chi connectivity index (χ0) is 28.6. The molecule has 2 aromatic carbocycles. The van der Waals surface area contributed by atoms with Gasteiger partial charge >= 0.3 is 6.09 Å².